The monoisotopic (exact) mass is 140 g/mol. The molecule has 0 fully saturated rings. The zero-order chi connectivity index (χ0) is 7.56. The van der Waals surface area contributed by atoms with Gasteiger partial charge in [0.15, 0.2) is 5.78 Å². The average molecular weight is 140 g/mol. The van der Waals surface area contributed by atoms with Crippen LogP contribution in [0.15, 0.2) is 6.33 Å². The van der Waals surface area contributed by atoms with Crippen molar-refractivity contribution in [2.75, 3.05) is 0 Å². The predicted octanol–water partition coefficient (Wildman–Crippen LogP) is 0.708. The highest BCUT2D eigenvalue weighted by atomic mass is 16.3. The summed E-state index contributed by atoms with van der Waals surface area (Å²) < 4.78 is 0. The number of hydrogen-bond acceptors (Lipinski definition) is 3. The molecule has 0 aliphatic rings. The Morgan fingerprint density at radius 3 is 3.00 bits per heavy atom. The smallest absolute Gasteiger partial charge is 0.240 e. The van der Waals surface area contributed by atoms with Crippen molar-refractivity contribution in [3.8, 4) is 5.88 Å². The quantitative estimate of drug-likeness (QED) is 0.594. The van der Waals surface area contributed by atoms with Crippen molar-refractivity contribution >= 4 is 5.78 Å². The van der Waals surface area contributed by atoms with Crippen LogP contribution in [0.3, 0.4) is 0 Å². The summed E-state index contributed by atoms with van der Waals surface area (Å²) in [5.74, 6) is -0.346. The fourth-order valence-electron chi connectivity index (χ4n) is 0.669. The Balaban J connectivity index is 2.93. The number of aromatic hydroxyl groups is 1. The van der Waals surface area contributed by atoms with Crippen LogP contribution < -0.4 is 0 Å². The molecule has 0 spiro atoms. The zero-order valence-corrected chi connectivity index (χ0v) is 5.59. The van der Waals surface area contributed by atoms with Crippen molar-refractivity contribution in [1.82, 2.24) is 9.97 Å². The molecular formula is C6H8N2O2. The Morgan fingerprint density at radius 1 is 1.90 bits per heavy atom. The van der Waals surface area contributed by atoms with Crippen LogP contribution >= 0.6 is 0 Å². The van der Waals surface area contributed by atoms with Crippen LogP contribution in [0.5, 0.6) is 5.88 Å². The molecule has 10 heavy (non-hydrogen) atoms. The lowest BCUT2D eigenvalue weighted by Crippen LogP contribution is -1.96. The van der Waals surface area contributed by atoms with E-state index in [0.717, 1.165) is 0 Å². The largest absolute Gasteiger partial charge is 0.492 e. The number of hydrogen-bond donors (Lipinski definition) is 2. The Morgan fingerprint density at radius 2 is 2.60 bits per heavy atom. The van der Waals surface area contributed by atoms with Gasteiger partial charge in [0.25, 0.3) is 0 Å². The highest BCUT2D eigenvalue weighted by molar-refractivity contribution is 5.95. The fourth-order valence-corrected chi connectivity index (χ4v) is 0.669. The molecule has 0 aromatic carbocycles. The number of Topliss-reactive ketones (excluding diaryl/α,β-unsaturated/α-hetero) is 1. The van der Waals surface area contributed by atoms with Crippen LogP contribution in [0.4, 0.5) is 0 Å². The minimum atomic E-state index is -0.216. The Hall–Kier alpha value is -1.32. The van der Waals surface area contributed by atoms with E-state index in [1.165, 1.54) is 6.33 Å². The second-order valence-electron chi connectivity index (χ2n) is 1.88. The number of aromatic nitrogens is 2. The summed E-state index contributed by atoms with van der Waals surface area (Å²) in [7, 11) is 0. The molecule has 0 aliphatic carbocycles. The van der Waals surface area contributed by atoms with Crippen LogP contribution in [0.25, 0.3) is 0 Å². The lowest BCUT2D eigenvalue weighted by atomic mass is 10.2. The van der Waals surface area contributed by atoms with Gasteiger partial charge in [-0.15, -0.1) is 0 Å². The number of ketones is 1. The molecular weight excluding hydrogens is 132 g/mol. The van der Waals surface area contributed by atoms with Crippen molar-refractivity contribution in [2.24, 2.45) is 0 Å². The molecule has 0 amide bonds. The van der Waals surface area contributed by atoms with Gasteiger partial charge in [0, 0.05) is 6.42 Å². The summed E-state index contributed by atoms with van der Waals surface area (Å²) in [5, 5.41) is 8.89. The molecule has 0 bridgehead atoms. The molecule has 1 rings (SSSR count). The van der Waals surface area contributed by atoms with Crippen LogP contribution in [-0.4, -0.2) is 20.9 Å². The highest BCUT2D eigenvalue weighted by Gasteiger charge is 2.09. The number of nitrogens with one attached hydrogen (secondary N) is 1. The van der Waals surface area contributed by atoms with Crippen molar-refractivity contribution < 1.29 is 9.90 Å². The molecule has 1 aromatic rings. The molecule has 4 heteroatoms. The summed E-state index contributed by atoms with van der Waals surface area (Å²) in [4.78, 5) is 16.9. The van der Waals surface area contributed by atoms with Crippen LogP contribution in [0.1, 0.15) is 23.8 Å². The SMILES string of the molecule is CCC(=O)c1[nH]cnc1O. The van der Waals surface area contributed by atoms with E-state index in [1.807, 2.05) is 0 Å². The van der Waals surface area contributed by atoms with E-state index in [-0.39, 0.29) is 17.4 Å². The standard InChI is InChI=1S/C6H8N2O2/c1-2-4(9)5-6(10)8-3-7-5/h3,10H,2H2,1H3,(H,7,8). The molecule has 1 aromatic heterocycles. The molecule has 0 unspecified atom stereocenters. The third-order valence-electron chi connectivity index (χ3n) is 1.22. The van der Waals surface area contributed by atoms with E-state index in [9.17, 15) is 4.79 Å². The number of rotatable bonds is 2. The lowest BCUT2D eigenvalue weighted by molar-refractivity contribution is 0.0981. The van der Waals surface area contributed by atoms with Crippen LogP contribution in [0.2, 0.25) is 0 Å². The number of H-pyrrole nitrogens is 1. The van der Waals surface area contributed by atoms with Gasteiger partial charge >= 0.3 is 0 Å². The molecule has 0 atom stereocenters. The van der Waals surface area contributed by atoms with E-state index in [4.69, 9.17) is 5.11 Å². The van der Waals surface area contributed by atoms with Gasteiger partial charge in [-0.05, 0) is 0 Å². The van der Waals surface area contributed by atoms with Gasteiger partial charge in [0.2, 0.25) is 5.88 Å². The fraction of sp³-hybridized carbons (Fsp3) is 0.333. The summed E-state index contributed by atoms with van der Waals surface area (Å²) in [6.07, 6.45) is 1.66. The molecule has 0 saturated heterocycles. The highest BCUT2D eigenvalue weighted by Crippen LogP contribution is 2.11. The molecule has 1 heterocycles. The Kier molecular flexibility index (Phi) is 1.71. The normalized spacial score (nSPS) is 9.70. The summed E-state index contributed by atoms with van der Waals surface area (Å²) in [6.45, 7) is 1.72. The molecule has 4 nitrogen and oxygen atoms in total. The minimum absolute atomic E-state index is 0.130. The van der Waals surface area contributed by atoms with Crippen molar-refractivity contribution in [2.45, 2.75) is 13.3 Å². The first-order valence-electron chi connectivity index (χ1n) is 3.01. The van der Waals surface area contributed by atoms with Crippen molar-refractivity contribution in [1.29, 1.82) is 0 Å². The topological polar surface area (TPSA) is 66.0 Å². The molecule has 54 valence electrons. The van der Waals surface area contributed by atoms with Crippen molar-refractivity contribution in [3.05, 3.63) is 12.0 Å². The molecule has 2 N–H and O–H groups in total. The third-order valence-corrected chi connectivity index (χ3v) is 1.22. The summed E-state index contributed by atoms with van der Waals surface area (Å²) in [6, 6.07) is 0. The van der Waals surface area contributed by atoms with Gasteiger partial charge in [-0.3, -0.25) is 4.79 Å². The van der Waals surface area contributed by atoms with Gasteiger partial charge in [-0.25, -0.2) is 4.98 Å². The first kappa shape index (κ1) is 6.80. The lowest BCUT2D eigenvalue weighted by Gasteiger charge is -1.90. The second kappa shape index (κ2) is 2.51. The summed E-state index contributed by atoms with van der Waals surface area (Å²) >= 11 is 0. The minimum Gasteiger partial charge on any atom is -0.492 e. The number of aromatic amines is 1. The van der Waals surface area contributed by atoms with Crippen molar-refractivity contribution in [3.63, 3.8) is 0 Å². The second-order valence-corrected chi connectivity index (χ2v) is 1.88. The maximum Gasteiger partial charge on any atom is 0.240 e. The van der Waals surface area contributed by atoms with E-state index < -0.39 is 0 Å². The molecule has 0 aliphatic heterocycles. The van der Waals surface area contributed by atoms with E-state index in [1.54, 1.807) is 6.92 Å². The number of carbonyl (C=O) groups is 1. The number of carbonyl (C=O) groups excluding carboxylic acids is 1. The average Bonchev–Trinajstić information content (AvgIpc) is 2.34. The summed E-state index contributed by atoms with van der Waals surface area (Å²) in [5.41, 5.74) is 0.197. The van der Waals surface area contributed by atoms with E-state index in [0.29, 0.717) is 6.42 Å². The van der Waals surface area contributed by atoms with Gasteiger partial charge < -0.3 is 10.1 Å². The maximum absolute atomic E-state index is 10.9. The zero-order valence-electron chi connectivity index (χ0n) is 5.59. The van der Waals surface area contributed by atoms with Gasteiger partial charge in [0.1, 0.15) is 5.69 Å². The third kappa shape index (κ3) is 1.00. The molecule has 0 saturated carbocycles. The van der Waals surface area contributed by atoms with E-state index in [2.05, 4.69) is 9.97 Å². The van der Waals surface area contributed by atoms with E-state index >= 15 is 0 Å². The van der Waals surface area contributed by atoms with Crippen LogP contribution in [0, 0.1) is 0 Å². The van der Waals surface area contributed by atoms with Gasteiger partial charge in [0.05, 0.1) is 6.33 Å². The molecule has 0 radical (unpaired) electrons. The Bertz CT molecular complexity index is 242. The van der Waals surface area contributed by atoms with Gasteiger partial charge in [-0.1, -0.05) is 6.92 Å². The maximum atomic E-state index is 10.9. The van der Waals surface area contributed by atoms with Gasteiger partial charge in [-0.2, -0.15) is 0 Å². The predicted molar refractivity (Wildman–Crippen MR) is 34.9 cm³/mol. The first-order valence-corrected chi connectivity index (χ1v) is 3.01. The van der Waals surface area contributed by atoms with Crippen LogP contribution in [-0.2, 0) is 0 Å². The first-order chi connectivity index (χ1) is 4.75. The number of nitrogens with zero attached hydrogens (tertiary/aromatic N) is 1. The number of imidazole rings is 1. The Labute approximate surface area is 57.9 Å².